The molecule has 3 aromatic rings. The number of benzene rings is 3. The number of ketones is 1. The molecule has 0 radical (unpaired) electrons. The Labute approximate surface area is 232 Å². The van der Waals surface area contributed by atoms with Gasteiger partial charge in [0.25, 0.3) is 5.91 Å². The molecule has 1 saturated heterocycles. The standard InChI is InChI=1S/C31H30N4O5/c1-4-40-31(39)23-9-11-24(12-10-23)32-20-35(3)26-15-7-22(8-16-26)19-34(2)25-13-5-21(6-14-25)17-27-28(36)18-29(37)33-30(27)38/h5-17,20H,4,18-19H2,1-3H3,(H,33,37,38)/b27-17+,32-20?. The van der Waals surface area contributed by atoms with Crippen LogP contribution in [0.2, 0.25) is 0 Å². The quantitative estimate of drug-likeness (QED) is 0.0823. The highest BCUT2D eigenvalue weighted by molar-refractivity contribution is 6.32. The van der Waals surface area contributed by atoms with Crippen LogP contribution < -0.4 is 15.1 Å². The lowest BCUT2D eigenvalue weighted by molar-refractivity contribution is -0.134. The van der Waals surface area contributed by atoms with E-state index < -0.39 is 17.6 Å². The van der Waals surface area contributed by atoms with Crippen LogP contribution in [0, 0.1) is 0 Å². The van der Waals surface area contributed by atoms with Crippen LogP contribution in [-0.2, 0) is 25.7 Å². The molecule has 0 aliphatic carbocycles. The van der Waals surface area contributed by atoms with E-state index in [9.17, 15) is 19.2 Å². The summed E-state index contributed by atoms with van der Waals surface area (Å²) >= 11 is 0. The monoisotopic (exact) mass is 538 g/mol. The smallest absolute Gasteiger partial charge is 0.338 e. The van der Waals surface area contributed by atoms with Crippen molar-refractivity contribution >= 4 is 53.0 Å². The van der Waals surface area contributed by atoms with Gasteiger partial charge in [0.15, 0.2) is 5.78 Å². The molecule has 1 aliphatic rings. The van der Waals surface area contributed by atoms with Gasteiger partial charge in [-0.1, -0.05) is 24.3 Å². The van der Waals surface area contributed by atoms with Crippen molar-refractivity contribution in [2.45, 2.75) is 19.9 Å². The molecule has 0 atom stereocenters. The topological polar surface area (TPSA) is 108 Å². The molecule has 1 N–H and O–H groups in total. The molecule has 4 rings (SSSR count). The Hall–Kier alpha value is -5.05. The lowest BCUT2D eigenvalue weighted by atomic mass is 10.0. The predicted octanol–water partition coefficient (Wildman–Crippen LogP) is 4.29. The molecule has 1 fully saturated rings. The third kappa shape index (κ3) is 7.08. The number of rotatable bonds is 9. The lowest BCUT2D eigenvalue weighted by Crippen LogP contribution is -2.40. The number of amides is 2. The van der Waals surface area contributed by atoms with Gasteiger partial charge in [-0.3, -0.25) is 19.7 Å². The number of nitrogens with zero attached hydrogens (tertiary/aromatic N) is 3. The Bertz CT molecular complexity index is 1440. The third-order valence-electron chi connectivity index (χ3n) is 6.29. The maximum atomic E-state index is 12.0. The van der Waals surface area contributed by atoms with Crippen molar-refractivity contribution in [1.29, 1.82) is 0 Å². The molecule has 1 aliphatic heterocycles. The number of anilines is 2. The molecular formula is C31H30N4O5. The molecule has 0 spiro atoms. The van der Waals surface area contributed by atoms with E-state index in [4.69, 9.17) is 4.74 Å². The van der Waals surface area contributed by atoms with Crippen molar-refractivity contribution in [3.8, 4) is 0 Å². The molecule has 1 heterocycles. The van der Waals surface area contributed by atoms with E-state index in [0.29, 0.717) is 24.3 Å². The van der Waals surface area contributed by atoms with Gasteiger partial charge in [0.1, 0.15) is 0 Å². The summed E-state index contributed by atoms with van der Waals surface area (Å²) in [4.78, 5) is 55.6. The zero-order valence-electron chi connectivity index (χ0n) is 22.6. The Balaban J connectivity index is 1.33. The predicted molar refractivity (Wildman–Crippen MR) is 155 cm³/mol. The van der Waals surface area contributed by atoms with Crippen LogP contribution in [0.1, 0.15) is 34.8 Å². The number of hydrogen-bond donors (Lipinski definition) is 1. The van der Waals surface area contributed by atoms with Gasteiger partial charge in [-0.2, -0.15) is 0 Å². The summed E-state index contributed by atoms with van der Waals surface area (Å²) in [7, 11) is 3.90. The molecule has 0 bridgehead atoms. The highest BCUT2D eigenvalue weighted by Crippen LogP contribution is 2.21. The van der Waals surface area contributed by atoms with Gasteiger partial charge in [-0.25, -0.2) is 9.79 Å². The van der Waals surface area contributed by atoms with E-state index in [0.717, 1.165) is 22.6 Å². The number of hydrogen-bond acceptors (Lipinski definition) is 7. The number of aliphatic imine (C=N–C) groups is 1. The second-order valence-corrected chi connectivity index (χ2v) is 9.27. The Kier molecular flexibility index (Phi) is 8.86. The lowest BCUT2D eigenvalue weighted by Gasteiger charge is -2.20. The van der Waals surface area contributed by atoms with E-state index in [1.165, 1.54) is 6.08 Å². The SMILES string of the molecule is CCOC(=O)c1ccc(N=CN(C)c2ccc(CN(C)c3ccc(/C=C4\C(=O)CC(=O)NC4=O)cc3)cc2)cc1. The molecule has 3 aromatic carbocycles. The first-order valence-electron chi connectivity index (χ1n) is 12.8. The Morgan fingerprint density at radius 2 is 1.57 bits per heavy atom. The summed E-state index contributed by atoms with van der Waals surface area (Å²) in [5, 5.41) is 2.17. The average molecular weight is 539 g/mol. The normalized spacial score (nSPS) is 14.4. The summed E-state index contributed by atoms with van der Waals surface area (Å²) < 4.78 is 5.00. The largest absolute Gasteiger partial charge is 0.462 e. The fraction of sp³-hybridized carbons (Fsp3) is 0.194. The molecule has 9 heteroatoms. The first-order valence-corrected chi connectivity index (χ1v) is 12.8. The van der Waals surface area contributed by atoms with Crippen LogP contribution in [0.15, 0.2) is 83.4 Å². The first kappa shape index (κ1) is 28.0. The van der Waals surface area contributed by atoms with Crippen molar-refractivity contribution in [3.05, 3.63) is 95.1 Å². The minimum absolute atomic E-state index is 0.0114. The van der Waals surface area contributed by atoms with Crippen molar-refractivity contribution in [3.63, 3.8) is 0 Å². The van der Waals surface area contributed by atoms with E-state index in [1.807, 2.05) is 55.4 Å². The summed E-state index contributed by atoms with van der Waals surface area (Å²) in [6, 6.07) is 22.6. The van der Waals surface area contributed by atoms with Gasteiger partial charge in [0, 0.05) is 32.0 Å². The highest BCUT2D eigenvalue weighted by atomic mass is 16.5. The van der Waals surface area contributed by atoms with E-state index in [1.54, 1.807) is 37.5 Å². The van der Waals surface area contributed by atoms with Crippen LogP contribution in [0.25, 0.3) is 6.08 Å². The number of carbonyl (C=O) groups is 4. The average Bonchev–Trinajstić information content (AvgIpc) is 2.94. The molecular weight excluding hydrogens is 508 g/mol. The third-order valence-corrected chi connectivity index (χ3v) is 6.29. The Morgan fingerprint density at radius 1 is 0.925 bits per heavy atom. The van der Waals surface area contributed by atoms with Gasteiger partial charge in [0.05, 0.1) is 36.2 Å². The minimum Gasteiger partial charge on any atom is -0.462 e. The minimum atomic E-state index is -0.660. The summed E-state index contributed by atoms with van der Waals surface area (Å²) in [6.07, 6.45) is 2.91. The molecule has 0 unspecified atom stereocenters. The van der Waals surface area contributed by atoms with Crippen molar-refractivity contribution in [2.24, 2.45) is 4.99 Å². The van der Waals surface area contributed by atoms with Crippen molar-refractivity contribution < 1.29 is 23.9 Å². The zero-order chi connectivity index (χ0) is 28.6. The summed E-state index contributed by atoms with van der Waals surface area (Å²) in [5.74, 6) is -2.05. The van der Waals surface area contributed by atoms with E-state index >= 15 is 0 Å². The number of esters is 1. The van der Waals surface area contributed by atoms with Crippen LogP contribution in [0.3, 0.4) is 0 Å². The molecule has 204 valence electrons. The van der Waals surface area contributed by atoms with Crippen molar-refractivity contribution in [2.75, 3.05) is 30.5 Å². The second kappa shape index (κ2) is 12.7. The maximum Gasteiger partial charge on any atom is 0.338 e. The molecule has 2 amide bonds. The molecule has 0 aromatic heterocycles. The van der Waals surface area contributed by atoms with Gasteiger partial charge < -0.3 is 14.5 Å². The highest BCUT2D eigenvalue weighted by Gasteiger charge is 2.28. The van der Waals surface area contributed by atoms with E-state index in [2.05, 4.69) is 27.3 Å². The number of carbonyl (C=O) groups excluding carboxylic acids is 4. The summed E-state index contributed by atoms with van der Waals surface area (Å²) in [5.41, 5.74) is 4.97. The van der Waals surface area contributed by atoms with Crippen molar-refractivity contribution in [1.82, 2.24) is 5.32 Å². The van der Waals surface area contributed by atoms with Gasteiger partial charge in [-0.15, -0.1) is 0 Å². The van der Waals surface area contributed by atoms with E-state index in [-0.39, 0.29) is 18.0 Å². The Morgan fingerprint density at radius 3 is 2.20 bits per heavy atom. The number of piperidine rings is 1. The molecule has 40 heavy (non-hydrogen) atoms. The molecule has 9 nitrogen and oxygen atoms in total. The van der Waals surface area contributed by atoms with Crippen LogP contribution in [-0.4, -0.2) is 50.6 Å². The summed E-state index contributed by atoms with van der Waals surface area (Å²) in [6.45, 7) is 2.78. The van der Waals surface area contributed by atoms with Crippen LogP contribution in [0.4, 0.5) is 17.1 Å². The fourth-order valence-corrected chi connectivity index (χ4v) is 4.06. The molecule has 0 saturated carbocycles. The first-order chi connectivity index (χ1) is 19.2. The fourth-order valence-electron chi connectivity index (χ4n) is 4.06. The number of Topliss-reactive ketones (excluding diaryl/α,β-unsaturated/α-hetero) is 1. The van der Waals surface area contributed by atoms with Crippen LogP contribution in [0.5, 0.6) is 0 Å². The van der Waals surface area contributed by atoms with Gasteiger partial charge in [0.2, 0.25) is 5.91 Å². The second-order valence-electron chi connectivity index (χ2n) is 9.27. The van der Waals surface area contributed by atoms with Gasteiger partial charge >= 0.3 is 5.97 Å². The number of nitrogens with one attached hydrogen (secondary N) is 1. The maximum absolute atomic E-state index is 12.0. The number of ether oxygens (including phenoxy) is 1. The van der Waals surface area contributed by atoms with Gasteiger partial charge in [-0.05, 0) is 72.7 Å². The number of imide groups is 1. The zero-order valence-corrected chi connectivity index (χ0v) is 22.6. The van der Waals surface area contributed by atoms with Crippen LogP contribution >= 0.6 is 0 Å².